The number of thiophene rings is 1. The number of nitrogens with one attached hydrogen (secondary N) is 2. The van der Waals surface area contributed by atoms with E-state index < -0.39 is 10.0 Å². The van der Waals surface area contributed by atoms with Crippen molar-refractivity contribution in [2.75, 3.05) is 18.4 Å². The molecule has 0 aliphatic carbocycles. The van der Waals surface area contributed by atoms with Crippen molar-refractivity contribution in [1.82, 2.24) is 9.62 Å². The van der Waals surface area contributed by atoms with Crippen LogP contribution in [0.3, 0.4) is 0 Å². The number of urea groups is 1. The Morgan fingerprint density at radius 2 is 1.92 bits per heavy atom. The molecule has 0 atom stereocenters. The van der Waals surface area contributed by atoms with Gasteiger partial charge >= 0.3 is 6.03 Å². The first kappa shape index (κ1) is 19.7. The van der Waals surface area contributed by atoms with Crippen LogP contribution in [-0.4, -0.2) is 31.8 Å². The second kappa shape index (κ2) is 8.66. The van der Waals surface area contributed by atoms with Crippen LogP contribution < -0.4 is 10.6 Å². The molecule has 0 aliphatic rings. The molecule has 0 spiro atoms. The fourth-order valence-electron chi connectivity index (χ4n) is 2.19. The lowest BCUT2D eigenvalue weighted by Gasteiger charge is -2.16. The standard InChI is InChI=1S/C16H20ClN3O3S2/c1-3-20(4-2)25(22,23)15-9-8-14(24-15)11-18-16(21)19-13-7-5-6-12(17)10-13/h5-10H,3-4,11H2,1-2H3,(H2,18,19,21). The lowest BCUT2D eigenvalue weighted by Crippen LogP contribution is -2.30. The SMILES string of the molecule is CCN(CC)S(=O)(=O)c1ccc(CNC(=O)Nc2cccc(Cl)c2)s1. The molecule has 2 aromatic rings. The molecule has 2 N–H and O–H groups in total. The van der Waals surface area contributed by atoms with Crippen LogP contribution in [0.15, 0.2) is 40.6 Å². The highest BCUT2D eigenvalue weighted by Crippen LogP contribution is 2.24. The van der Waals surface area contributed by atoms with Gasteiger partial charge in [0.05, 0.1) is 6.54 Å². The zero-order valence-corrected chi connectivity index (χ0v) is 16.3. The highest BCUT2D eigenvalue weighted by atomic mass is 35.5. The van der Waals surface area contributed by atoms with Gasteiger partial charge in [0.25, 0.3) is 10.0 Å². The summed E-state index contributed by atoms with van der Waals surface area (Å²) in [5.74, 6) is 0. The number of rotatable bonds is 7. The maximum atomic E-state index is 12.4. The number of halogens is 1. The largest absolute Gasteiger partial charge is 0.333 e. The maximum absolute atomic E-state index is 12.4. The maximum Gasteiger partial charge on any atom is 0.319 e. The number of hydrogen-bond donors (Lipinski definition) is 2. The van der Waals surface area contributed by atoms with Crippen LogP contribution in [0.4, 0.5) is 10.5 Å². The van der Waals surface area contributed by atoms with E-state index in [4.69, 9.17) is 11.6 Å². The van der Waals surface area contributed by atoms with Crippen molar-refractivity contribution in [2.45, 2.75) is 24.6 Å². The van der Waals surface area contributed by atoms with Gasteiger partial charge in [0.2, 0.25) is 0 Å². The van der Waals surface area contributed by atoms with Crippen molar-refractivity contribution < 1.29 is 13.2 Å². The summed E-state index contributed by atoms with van der Waals surface area (Å²) in [6.45, 7) is 4.69. The molecule has 2 amide bonds. The molecule has 2 rings (SSSR count). The zero-order valence-electron chi connectivity index (χ0n) is 14.0. The third-order valence-corrected chi connectivity index (χ3v) is 7.28. The fourth-order valence-corrected chi connectivity index (χ4v) is 5.29. The molecule has 0 bridgehead atoms. The average Bonchev–Trinajstić information content (AvgIpc) is 3.04. The Labute approximate surface area is 156 Å². The first-order valence-corrected chi connectivity index (χ1v) is 10.4. The number of sulfonamides is 1. The Bertz CT molecular complexity index is 833. The van der Waals surface area contributed by atoms with Gasteiger partial charge in [-0.15, -0.1) is 11.3 Å². The summed E-state index contributed by atoms with van der Waals surface area (Å²) in [4.78, 5) is 12.7. The van der Waals surface area contributed by atoms with Gasteiger partial charge in [-0.05, 0) is 30.3 Å². The molecule has 136 valence electrons. The minimum Gasteiger partial charge on any atom is -0.333 e. The topological polar surface area (TPSA) is 78.5 Å². The summed E-state index contributed by atoms with van der Waals surface area (Å²) < 4.78 is 26.6. The van der Waals surface area contributed by atoms with E-state index in [2.05, 4.69) is 10.6 Å². The second-order valence-electron chi connectivity index (χ2n) is 5.13. The highest BCUT2D eigenvalue weighted by Gasteiger charge is 2.23. The van der Waals surface area contributed by atoms with Gasteiger partial charge in [-0.2, -0.15) is 4.31 Å². The molecule has 9 heteroatoms. The van der Waals surface area contributed by atoms with Crippen LogP contribution in [0.1, 0.15) is 18.7 Å². The first-order chi connectivity index (χ1) is 11.9. The van der Waals surface area contributed by atoms with Crippen LogP contribution in [0, 0.1) is 0 Å². The minimum atomic E-state index is -3.46. The third kappa shape index (κ3) is 5.18. The fraction of sp³-hybridized carbons (Fsp3) is 0.312. The summed E-state index contributed by atoms with van der Waals surface area (Å²) >= 11 is 7.02. The smallest absolute Gasteiger partial charge is 0.319 e. The van der Waals surface area contributed by atoms with Gasteiger partial charge in [0.1, 0.15) is 4.21 Å². The second-order valence-corrected chi connectivity index (χ2v) is 8.90. The molecule has 1 aromatic carbocycles. The van der Waals surface area contributed by atoms with E-state index >= 15 is 0 Å². The van der Waals surface area contributed by atoms with Gasteiger partial charge in [0, 0.05) is 28.7 Å². The Kier molecular flexibility index (Phi) is 6.83. The van der Waals surface area contributed by atoms with Crippen LogP contribution in [0.25, 0.3) is 0 Å². The van der Waals surface area contributed by atoms with Crippen LogP contribution in [0.5, 0.6) is 0 Å². The van der Waals surface area contributed by atoms with E-state index in [0.717, 1.165) is 16.2 Å². The minimum absolute atomic E-state index is 0.241. The van der Waals surface area contributed by atoms with Crippen molar-refractivity contribution in [2.24, 2.45) is 0 Å². The predicted octanol–water partition coefficient (Wildman–Crippen LogP) is 3.75. The molecule has 1 heterocycles. The van der Waals surface area contributed by atoms with Crippen LogP contribution in [0.2, 0.25) is 5.02 Å². The molecule has 6 nitrogen and oxygen atoms in total. The number of nitrogens with zero attached hydrogens (tertiary/aromatic N) is 1. The first-order valence-electron chi connectivity index (χ1n) is 7.76. The molecular weight excluding hydrogens is 382 g/mol. The molecule has 0 fully saturated rings. The average molecular weight is 402 g/mol. The number of benzene rings is 1. The molecule has 25 heavy (non-hydrogen) atoms. The van der Waals surface area contributed by atoms with Crippen molar-refractivity contribution in [3.8, 4) is 0 Å². The summed E-state index contributed by atoms with van der Waals surface area (Å²) in [5, 5.41) is 5.90. The number of hydrogen-bond acceptors (Lipinski definition) is 4. The summed E-state index contributed by atoms with van der Waals surface area (Å²) in [5.41, 5.74) is 0.584. The van der Waals surface area contributed by atoms with Crippen LogP contribution >= 0.6 is 22.9 Å². The molecular formula is C16H20ClN3O3S2. The van der Waals surface area contributed by atoms with Crippen molar-refractivity contribution in [1.29, 1.82) is 0 Å². The van der Waals surface area contributed by atoms with E-state index in [1.807, 2.05) is 0 Å². The van der Waals surface area contributed by atoms with Crippen molar-refractivity contribution in [3.63, 3.8) is 0 Å². The number of anilines is 1. The Balaban J connectivity index is 1.96. The van der Waals surface area contributed by atoms with Crippen molar-refractivity contribution >= 4 is 44.7 Å². The molecule has 0 saturated heterocycles. The van der Waals surface area contributed by atoms with Crippen LogP contribution in [-0.2, 0) is 16.6 Å². The summed E-state index contributed by atoms with van der Waals surface area (Å²) in [6.07, 6.45) is 0. The Hall–Kier alpha value is -1.61. The third-order valence-electron chi connectivity index (χ3n) is 3.44. The molecule has 0 saturated carbocycles. The van der Waals surface area contributed by atoms with Gasteiger partial charge < -0.3 is 10.6 Å². The lowest BCUT2D eigenvalue weighted by molar-refractivity contribution is 0.252. The molecule has 0 unspecified atom stereocenters. The molecule has 1 aromatic heterocycles. The van der Waals surface area contributed by atoms with E-state index in [1.54, 1.807) is 50.2 Å². The summed E-state index contributed by atoms with van der Waals surface area (Å²) in [6, 6.07) is 9.72. The molecule has 0 radical (unpaired) electrons. The van der Waals surface area contributed by atoms with Gasteiger partial charge in [-0.1, -0.05) is 31.5 Å². The normalized spacial score (nSPS) is 11.5. The van der Waals surface area contributed by atoms with Gasteiger partial charge in [-0.3, -0.25) is 0 Å². The van der Waals surface area contributed by atoms with Gasteiger partial charge in [0.15, 0.2) is 0 Å². The molecule has 0 aliphatic heterocycles. The zero-order chi connectivity index (χ0) is 18.4. The predicted molar refractivity (Wildman–Crippen MR) is 102 cm³/mol. The summed E-state index contributed by atoms with van der Waals surface area (Å²) in [7, 11) is -3.46. The number of amides is 2. The monoisotopic (exact) mass is 401 g/mol. The number of carbonyl (C=O) groups excluding carboxylic acids is 1. The lowest BCUT2D eigenvalue weighted by atomic mass is 10.3. The van der Waals surface area contributed by atoms with E-state index in [1.165, 1.54) is 4.31 Å². The highest BCUT2D eigenvalue weighted by molar-refractivity contribution is 7.91. The number of carbonyl (C=O) groups is 1. The quantitative estimate of drug-likeness (QED) is 0.741. The van der Waals surface area contributed by atoms with Crippen molar-refractivity contribution in [3.05, 3.63) is 46.3 Å². The Morgan fingerprint density at radius 3 is 2.56 bits per heavy atom. The van der Waals surface area contributed by atoms with E-state index in [-0.39, 0.29) is 16.8 Å². The van der Waals surface area contributed by atoms with E-state index in [0.29, 0.717) is 23.8 Å². The van der Waals surface area contributed by atoms with Gasteiger partial charge in [-0.25, -0.2) is 13.2 Å². The Morgan fingerprint density at radius 1 is 1.20 bits per heavy atom. The van der Waals surface area contributed by atoms with E-state index in [9.17, 15) is 13.2 Å².